The first-order valence-electron chi connectivity index (χ1n) is 7.66. The van der Waals surface area contributed by atoms with Gasteiger partial charge in [-0.1, -0.05) is 11.6 Å². The Morgan fingerprint density at radius 3 is 2.40 bits per heavy atom. The summed E-state index contributed by atoms with van der Waals surface area (Å²) >= 11 is 6.14. The van der Waals surface area contributed by atoms with Crippen molar-refractivity contribution in [1.82, 2.24) is 10.0 Å². The molecule has 132 valence electrons. The van der Waals surface area contributed by atoms with Crippen molar-refractivity contribution in [2.45, 2.75) is 6.42 Å². The summed E-state index contributed by atoms with van der Waals surface area (Å²) in [5.41, 5.74) is 0.177. The van der Waals surface area contributed by atoms with Gasteiger partial charge in [0, 0.05) is 13.1 Å². The molecule has 8 heteroatoms. The zero-order chi connectivity index (χ0) is 18.0. The number of benzene rings is 1. The van der Waals surface area contributed by atoms with Gasteiger partial charge >= 0.3 is 5.91 Å². The minimum atomic E-state index is -0.423. The number of methoxy groups -OCH3 is 2. The Morgan fingerprint density at radius 1 is 1.08 bits per heavy atom. The topological polar surface area (TPSA) is 72.2 Å². The highest BCUT2D eigenvalue weighted by Crippen LogP contribution is 2.37. The third-order valence-electron chi connectivity index (χ3n) is 3.94. The van der Waals surface area contributed by atoms with Crippen LogP contribution in [0.2, 0.25) is 5.02 Å². The average molecular weight is 365 g/mol. The summed E-state index contributed by atoms with van der Waals surface area (Å²) in [6, 6.07) is 6.36. The van der Waals surface area contributed by atoms with E-state index in [4.69, 9.17) is 25.5 Å². The molecule has 1 aliphatic heterocycles. The van der Waals surface area contributed by atoms with Crippen molar-refractivity contribution in [2.24, 2.45) is 0 Å². The Balaban J connectivity index is 1.97. The highest BCUT2D eigenvalue weighted by molar-refractivity contribution is 6.32. The third-order valence-corrected chi connectivity index (χ3v) is 4.24. The summed E-state index contributed by atoms with van der Waals surface area (Å²) < 4.78 is 15.7. The second kappa shape index (κ2) is 7.06. The van der Waals surface area contributed by atoms with E-state index in [-0.39, 0.29) is 28.0 Å². The van der Waals surface area contributed by atoms with Crippen LogP contribution in [0, 0.1) is 0 Å². The number of carbonyl (C=O) groups is 2. The molecule has 0 N–H and O–H groups in total. The van der Waals surface area contributed by atoms with E-state index < -0.39 is 5.91 Å². The lowest BCUT2D eigenvalue weighted by Gasteiger charge is -2.28. The molecular formula is C17H17ClN2O5. The number of hydrazine groups is 1. The molecule has 0 unspecified atom stereocenters. The molecule has 0 spiro atoms. The van der Waals surface area contributed by atoms with Crippen molar-refractivity contribution in [2.75, 3.05) is 27.3 Å². The average Bonchev–Trinajstić information content (AvgIpc) is 3.31. The van der Waals surface area contributed by atoms with E-state index in [9.17, 15) is 9.59 Å². The Morgan fingerprint density at radius 2 is 1.80 bits per heavy atom. The van der Waals surface area contributed by atoms with E-state index in [1.54, 1.807) is 24.3 Å². The lowest BCUT2D eigenvalue weighted by atomic mass is 10.1. The van der Waals surface area contributed by atoms with Crippen LogP contribution in [0.1, 0.15) is 27.3 Å². The first-order valence-corrected chi connectivity index (χ1v) is 8.04. The molecule has 7 nitrogen and oxygen atoms in total. The fraction of sp³-hybridized carbons (Fsp3) is 0.294. The minimum Gasteiger partial charge on any atom is -0.496 e. The number of ether oxygens (including phenoxy) is 2. The maximum absolute atomic E-state index is 13.1. The summed E-state index contributed by atoms with van der Waals surface area (Å²) in [5, 5.41) is 3.01. The standard InChI is InChI=1S/C17H17ClN2O5/c1-23-12-7-6-11(18)15(24-2)14(12)17(22)20-9-4-8-19(20)16(21)13-5-3-10-25-13/h3,5-7,10H,4,8-9H2,1-2H3. The van der Waals surface area contributed by atoms with Crippen LogP contribution in [0.3, 0.4) is 0 Å². The molecule has 1 aromatic carbocycles. The van der Waals surface area contributed by atoms with Gasteiger partial charge in [-0.3, -0.25) is 9.59 Å². The van der Waals surface area contributed by atoms with Crippen LogP contribution in [0.4, 0.5) is 0 Å². The van der Waals surface area contributed by atoms with Gasteiger partial charge in [0.15, 0.2) is 11.5 Å². The van der Waals surface area contributed by atoms with Crippen molar-refractivity contribution in [1.29, 1.82) is 0 Å². The Bertz CT molecular complexity index is 791. The summed E-state index contributed by atoms with van der Waals surface area (Å²) in [6.07, 6.45) is 2.07. The molecule has 1 aliphatic rings. The molecule has 1 saturated heterocycles. The fourth-order valence-electron chi connectivity index (χ4n) is 2.80. The molecule has 2 aromatic rings. The molecule has 0 bridgehead atoms. The van der Waals surface area contributed by atoms with Crippen LogP contribution in [-0.2, 0) is 0 Å². The van der Waals surface area contributed by atoms with Crippen LogP contribution in [0.25, 0.3) is 0 Å². The second-order valence-electron chi connectivity index (χ2n) is 5.35. The Labute approximate surface area is 149 Å². The minimum absolute atomic E-state index is 0.171. The molecule has 2 heterocycles. The summed E-state index contributed by atoms with van der Waals surface area (Å²) in [4.78, 5) is 25.7. The normalized spacial score (nSPS) is 13.9. The van der Waals surface area contributed by atoms with Gasteiger partial charge < -0.3 is 13.9 Å². The maximum atomic E-state index is 13.1. The number of nitrogens with zero attached hydrogens (tertiary/aromatic N) is 2. The van der Waals surface area contributed by atoms with Crippen LogP contribution < -0.4 is 9.47 Å². The Hall–Kier alpha value is -2.67. The summed E-state index contributed by atoms with van der Waals surface area (Å²) in [5.74, 6) is -0.0963. The first-order chi connectivity index (χ1) is 12.1. The molecule has 0 aliphatic carbocycles. The van der Waals surface area contributed by atoms with Gasteiger partial charge in [-0.2, -0.15) is 0 Å². The molecule has 2 amide bonds. The smallest absolute Gasteiger partial charge is 0.308 e. The van der Waals surface area contributed by atoms with Gasteiger partial charge in [0.1, 0.15) is 11.3 Å². The largest absolute Gasteiger partial charge is 0.496 e. The lowest BCUT2D eigenvalue weighted by Crippen LogP contribution is -2.45. The maximum Gasteiger partial charge on any atom is 0.308 e. The van der Waals surface area contributed by atoms with E-state index >= 15 is 0 Å². The molecule has 3 rings (SSSR count). The SMILES string of the molecule is COc1ccc(Cl)c(OC)c1C(=O)N1CCCN1C(=O)c1ccco1. The third kappa shape index (κ3) is 3.02. The van der Waals surface area contributed by atoms with Crippen molar-refractivity contribution < 1.29 is 23.5 Å². The van der Waals surface area contributed by atoms with E-state index in [2.05, 4.69) is 0 Å². The van der Waals surface area contributed by atoms with Crippen molar-refractivity contribution in [3.8, 4) is 11.5 Å². The predicted octanol–water partition coefficient (Wildman–Crippen LogP) is 2.85. The molecule has 25 heavy (non-hydrogen) atoms. The first kappa shape index (κ1) is 17.2. The molecule has 0 saturated carbocycles. The molecule has 1 aromatic heterocycles. The molecule has 0 atom stereocenters. The van der Waals surface area contributed by atoms with E-state index in [0.717, 1.165) is 0 Å². The van der Waals surface area contributed by atoms with E-state index in [1.165, 1.54) is 30.5 Å². The summed E-state index contributed by atoms with van der Waals surface area (Å²) in [6.45, 7) is 0.806. The lowest BCUT2D eigenvalue weighted by molar-refractivity contribution is 0.0163. The number of halogens is 1. The number of rotatable bonds is 4. The van der Waals surface area contributed by atoms with Crippen LogP contribution in [0.15, 0.2) is 34.9 Å². The predicted molar refractivity (Wildman–Crippen MR) is 90.0 cm³/mol. The second-order valence-corrected chi connectivity index (χ2v) is 5.75. The zero-order valence-electron chi connectivity index (χ0n) is 13.8. The van der Waals surface area contributed by atoms with Crippen molar-refractivity contribution in [3.63, 3.8) is 0 Å². The van der Waals surface area contributed by atoms with Gasteiger partial charge in [-0.15, -0.1) is 0 Å². The Kier molecular flexibility index (Phi) is 4.85. The van der Waals surface area contributed by atoms with Gasteiger partial charge in [0.2, 0.25) is 0 Å². The number of hydrogen-bond acceptors (Lipinski definition) is 5. The molecule has 0 radical (unpaired) electrons. The highest BCUT2D eigenvalue weighted by atomic mass is 35.5. The van der Waals surface area contributed by atoms with Crippen LogP contribution >= 0.6 is 11.6 Å². The summed E-state index contributed by atoms with van der Waals surface area (Å²) in [7, 11) is 2.88. The van der Waals surface area contributed by atoms with Crippen molar-refractivity contribution >= 4 is 23.4 Å². The molecular weight excluding hydrogens is 348 g/mol. The molecule has 1 fully saturated rings. The van der Waals surface area contributed by atoms with Crippen LogP contribution in [-0.4, -0.2) is 49.1 Å². The van der Waals surface area contributed by atoms with E-state index in [0.29, 0.717) is 25.3 Å². The van der Waals surface area contributed by atoms with Gasteiger partial charge in [-0.05, 0) is 30.7 Å². The number of carbonyl (C=O) groups excluding carboxylic acids is 2. The monoisotopic (exact) mass is 364 g/mol. The fourth-order valence-corrected chi connectivity index (χ4v) is 3.04. The van der Waals surface area contributed by atoms with E-state index in [1.807, 2.05) is 0 Å². The number of amides is 2. The van der Waals surface area contributed by atoms with Gasteiger partial charge in [0.05, 0.1) is 25.5 Å². The van der Waals surface area contributed by atoms with Crippen LogP contribution in [0.5, 0.6) is 11.5 Å². The quantitative estimate of drug-likeness (QED) is 0.834. The zero-order valence-corrected chi connectivity index (χ0v) is 14.6. The number of furan rings is 1. The van der Waals surface area contributed by atoms with Gasteiger partial charge in [-0.25, -0.2) is 10.0 Å². The van der Waals surface area contributed by atoms with Gasteiger partial charge in [0.25, 0.3) is 5.91 Å². The highest BCUT2D eigenvalue weighted by Gasteiger charge is 2.36. The van der Waals surface area contributed by atoms with Crippen molar-refractivity contribution in [3.05, 3.63) is 46.9 Å². The number of hydrogen-bond donors (Lipinski definition) is 0.